The molecule has 1 aromatic rings. The first kappa shape index (κ1) is 16.3. The zero-order chi connectivity index (χ0) is 15.5. The third-order valence-corrected chi connectivity index (χ3v) is 5.83. The van der Waals surface area contributed by atoms with Crippen LogP contribution in [0.15, 0.2) is 29.2 Å². The number of hydrogen-bond donors (Lipinski definition) is 1. The van der Waals surface area contributed by atoms with Gasteiger partial charge in [0, 0.05) is 14.1 Å². The second-order valence-electron chi connectivity index (χ2n) is 5.95. The van der Waals surface area contributed by atoms with Gasteiger partial charge in [-0.25, -0.2) is 12.7 Å². The van der Waals surface area contributed by atoms with Crippen molar-refractivity contribution in [1.29, 1.82) is 0 Å². The van der Waals surface area contributed by atoms with Crippen LogP contribution in [0.2, 0.25) is 0 Å². The minimum atomic E-state index is -3.51. The molecule has 0 spiro atoms. The van der Waals surface area contributed by atoms with E-state index in [0.717, 1.165) is 25.7 Å². The third kappa shape index (κ3) is 3.75. The van der Waals surface area contributed by atoms with E-state index in [9.17, 15) is 8.42 Å². The molecule has 0 aromatic heterocycles. The van der Waals surface area contributed by atoms with Crippen LogP contribution in [0, 0.1) is 0 Å². The summed E-state index contributed by atoms with van der Waals surface area (Å²) in [5.74, 6) is 0.376. The van der Waals surface area contributed by atoms with Crippen LogP contribution in [0.1, 0.15) is 32.1 Å². The van der Waals surface area contributed by atoms with Crippen LogP contribution in [0.25, 0.3) is 0 Å². The maximum absolute atomic E-state index is 12.3. The van der Waals surface area contributed by atoms with Crippen LogP contribution >= 0.6 is 0 Å². The van der Waals surface area contributed by atoms with E-state index < -0.39 is 10.0 Å². The van der Waals surface area contributed by atoms with Crippen molar-refractivity contribution in [2.75, 3.05) is 20.7 Å². The summed E-state index contributed by atoms with van der Waals surface area (Å²) in [4.78, 5) is 0.189. The van der Waals surface area contributed by atoms with Gasteiger partial charge in [0.25, 0.3) is 0 Å². The van der Waals surface area contributed by atoms with Gasteiger partial charge in [0.05, 0.1) is 5.54 Å². The van der Waals surface area contributed by atoms with Crippen molar-refractivity contribution in [3.63, 3.8) is 0 Å². The molecule has 0 bridgehead atoms. The molecule has 1 fully saturated rings. The van der Waals surface area contributed by atoms with Crippen molar-refractivity contribution in [1.82, 2.24) is 4.31 Å². The number of benzene rings is 1. The molecule has 0 radical (unpaired) electrons. The monoisotopic (exact) mass is 312 g/mol. The van der Waals surface area contributed by atoms with Crippen LogP contribution in [-0.2, 0) is 10.0 Å². The van der Waals surface area contributed by atoms with Crippen LogP contribution < -0.4 is 10.5 Å². The molecule has 21 heavy (non-hydrogen) atoms. The average Bonchev–Trinajstić information content (AvgIpc) is 2.46. The second-order valence-corrected chi connectivity index (χ2v) is 8.07. The zero-order valence-electron chi connectivity index (χ0n) is 12.7. The Kier molecular flexibility index (Phi) is 4.91. The summed E-state index contributed by atoms with van der Waals surface area (Å²) in [6.07, 6.45) is 5.28. The normalized spacial score (nSPS) is 18.7. The van der Waals surface area contributed by atoms with Crippen molar-refractivity contribution in [3.05, 3.63) is 24.3 Å². The molecule has 0 saturated heterocycles. The van der Waals surface area contributed by atoms with E-state index in [4.69, 9.17) is 10.5 Å². The zero-order valence-corrected chi connectivity index (χ0v) is 13.5. The van der Waals surface area contributed by atoms with Gasteiger partial charge < -0.3 is 10.5 Å². The molecule has 0 heterocycles. The van der Waals surface area contributed by atoms with Gasteiger partial charge in [-0.2, -0.15) is 0 Å². The molecule has 1 aromatic carbocycles. The summed E-state index contributed by atoms with van der Waals surface area (Å²) < 4.78 is 31.6. The second kappa shape index (κ2) is 6.34. The predicted octanol–water partition coefficient (Wildman–Crippen LogP) is 1.98. The highest BCUT2D eigenvalue weighted by Crippen LogP contribution is 2.29. The van der Waals surface area contributed by atoms with Gasteiger partial charge in [0.2, 0.25) is 10.0 Å². The van der Waals surface area contributed by atoms with Crippen molar-refractivity contribution < 1.29 is 13.2 Å². The number of nitrogens with zero attached hydrogens (tertiary/aromatic N) is 1. The SMILES string of the molecule is CN(C)S(=O)(=O)c1ccccc1OCC1(N)CCCCC1. The van der Waals surface area contributed by atoms with E-state index in [1.54, 1.807) is 24.3 Å². The van der Waals surface area contributed by atoms with Crippen molar-refractivity contribution >= 4 is 10.0 Å². The Morgan fingerprint density at radius 2 is 1.81 bits per heavy atom. The quantitative estimate of drug-likeness (QED) is 0.902. The fraction of sp³-hybridized carbons (Fsp3) is 0.600. The summed E-state index contributed by atoms with van der Waals surface area (Å²) in [5, 5.41) is 0. The van der Waals surface area contributed by atoms with E-state index in [1.807, 2.05) is 0 Å². The van der Waals surface area contributed by atoms with Crippen molar-refractivity contribution in [2.45, 2.75) is 42.5 Å². The lowest BCUT2D eigenvalue weighted by molar-refractivity contribution is 0.170. The van der Waals surface area contributed by atoms with E-state index in [1.165, 1.54) is 24.8 Å². The first-order valence-corrected chi connectivity index (χ1v) is 8.72. The lowest BCUT2D eigenvalue weighted by Gasteiger charge is -2.33. The standard InChI is InChI=1S/C15H24N2O3S/c1-17(2)21(18,19)14-9-5-4-8-13(14)20-12-15(16)10-6-3-7-11-15/h4-5,8-9H,3,6-7,10-12,16H2,1-2H3. The lowest BCUT2D eigenvalue weighted by Crippen LogP contribution is -2.47. The van der Waals surface area contributed by atoms with Crippen molar-refractivity contribution in [2.24, 2.45) is 5.73 Å². The van der Waals surface area contributed by atoms with Crippen LogP contribution in [0.3, 0.4) is 0 Å². The highest BCUT2D eigenvalue weighted by Gasteiger charge is 2.29. The molecule has 1 saturated carbocycles. The summed E-state index contributed by atoms with van der Waals surface area (Å²) in [6, 6.07) is 6.72. The number of sulfonamides is 1. The minimum Gasteiger partial charge on any atom is -0.490 e. The first-order valence-electron chi connectivity index (χ1n) is 7.28. The molecular formula is C15H24N2O3S. The summed E-state index contributed by atoms with van der Waals surface area (Å²) in [7, 11) is -0.490. The molecule has 1 aliphatic rings. The molecule has 0 amide bonds. The van der Waals surface area contributed by atoms with Gasteiger partial charge >= 0.3 is 0 Å². The number of nitrogens with two attached hydrogens (primary N) is 1. The predicted molar refractivity (Wildman–Crippen MR) is 82.8 cm³/mol. The Labute approximate surface area is 127 Å². The van der Waals surface area contributed by atoms with E-state index in [0.29, 0.717) is 12.4 Å². The van der Waals surface area contributed by atoms with Gasteiger partial charge in [0.1, 0.15) is 17.3 Å². The van der Waals surface area contributed by atoms with Gasteiger partial charge in [-0.05, 0) is 25.0 Å². The minimum absolute atomic E-state index is 0.189. The number of hydrogen-bond acceptors (Lipinski definition) is 4. The lowest BCUT2D eigenvalue weighted by atomic mass is 9.83. The van der Waals surface area contributed by atoms with Gasteiger partial charge in [0.15, 0.2) is 0 Å². The highest BCUT2D eigenvalue weighted by molar-refractivity contribution is 7.89. The Hall–Kier alpha value is -1.11. The topological polar surface area (TPSA) is 72.6 Å². The maximum Gasteiger partial charge on any atom is 0.246 e. The van der Waals surface area contributed by atoms with E-state index in [-0.39, 0.29) is 10.4 Å². The molecule has 0 aliphatic heterocycles. The highest BCUT2D eigenvalue weighted by atomic mass is 32.2. The van der Waals surface area contributed by atoms with E-state index in [2.05, 4.69) is 0 Å². The number of para-hydroxylation sites is 1. The number of rotatable bonds is 5. The van der Waals surface area contributed by atoms with E-state index >= 15 is 0 Å². The molecule has 5 nitrogen and oxygen atoms in total. The third-order valence-electron chi connectivity index (χ3n) is 3.97. The summed E-state index contributed by atoms with van der Waals surface area (Å²) in [6.45, 7) is 0.354. The summed E-state index contributed by atoms with van der Waals surface area (Å²) >= 11 is 0. The molecular weight excluding hydrogens is 288 g/mol. The summed E-state index contributed by atoms with van der Waals surface area (Å²) in [5.41, 5.74) is 6.00. The fourth-order valence-electron chi connectivity index (χ4n) is 2.60. The van der Waals surface area contributed by atoms with Gasteiger partial charge in [-0.3, -0.25) is 0 Å². The molecule has 2 N–H and O–H groups in total. The first-order chi connectivity index (χ1) is 9.85. The Balaban J connectivity index is 2.18. The average molecular weight is 312 g/mol. The number of ether oxygens (including phenoxy) is 1. The van der Waals surface area contributed by atoms with Crippen LogP contribution in [0.5, 0.6) is 5.75 Å². The van der Waals surface area contributed by atoms with Gasteiger partial charge in [-0.1, -0.05) is 31.4 Å². The fourth-order valence-corrected chi connectivity index (χ4v) is 3.63. The smallest absolute Gasteiger partial charge is 0.246 e. The molecule has 2 rings (SSSR count). The molecule has 0 atom stereocenters. The molecule has 1 aliphatic carbocycles. The Morgan fingerprint density at radius 1 is 1.19 bits per heavy atom. The molecule has 0 unspecified atom stereocenters. The molecule has 6 heteroatoms. The Morgan fingerprint density at radius 3 is 2.43 bits per heavy atom. The Bertz CT molecular complexity index is 578. The molecule has 118 valence electrons. The van der Waals surface area contributed by atoms with Crippen LogP contribution in [-0.4, -0.2) is 39.0 Å². The van der Waals surface area contributed by atoms with Crippen molar-refractivity contribution in [3.8, 4) is 5.75 Å². The van der Waals surface area contributed by atoms with Crippen LogP contribution in [0.4, 0.5) is 0 Å². The largest absolute Gasteiger partial charge is 0.490 e. The maximum atomic E-state index is 12.3. The van der Waals surface area contributed by atoms with Gasteiger partial charge in [-0.15, -0.1) is 0 Å².